The second kappa shape index (κ2) is 13.1. The summed E-state index contributed by atoms with van der Waals surface area (Å²) in [6, 6.07) is 15.2. The maximum atomic E-state index is 11.0. The fourth-order valence-electron chi connectivity index (χ4n) is 3.37. The summed E-state index contributed by atoms with van der Waals surface area (Å²) < 4.78 is 16.4. The van der Waals surface area contributed by atoms with Crippen LogP contribution in [0.15, 0.2) is 42.5 Å². The highest BCUT2D eigenvalue weighted by molar-refractivity contribution is 5.90. The van der Waals surface area contributed by atoms with E-state index in [1.807, 2.05) is 43.3 Å². The molecule has 0 heterocycles. The summed E-state index contributed by atoms with van der Waals surface area (Å²) in [7, 11) is 3.14. The second-order valence-electron chi connectivity index (χ2n) is 7.45. The van der Waals surface area contributed by atoms with E-state index < -0.39 is 5.97 Å². The van der Waals surface area contributed by atoms with Crippen LogP contribution < -0.4 is 14.2 Å². The first-order valence-corrected chi connectivity index (χ1v) is 10.8. The van der Waals surface area contributed by atoms with Crippen LogP contribution in [-0.4, -0.2) is 31.9 Å². The zero-order valence-electron chi connectivity index (χ0n) is 19.0. The van der Waals surface area contributed by atoms with Gasteiger partial charge in [-0.2, -0.15) is 5.26 Å². The van der Waals surface area contributed by atoms with Crippen molar-refractivity contribution in [2.75, 3.05) is 20.8 Å². The molecule has 0 aliphatic carbocycles. The van der Waals surface area contributed by atoms with Crippen LogP contribution in [0.4, 0.5) is 0 Å². The lowest BCUT2D eigenvalue weighted by molar-refractivity contribution is -0.142. The Morgan fingerprint density at radius 1 is 1.06 bits per heavy atom. The van der Waals surface area contributed by atoms with Crippen molar-refractivity contribution >= 4 is 17.6 Å². The number of hydrogen-bond acceptors (Lipinski definition) is 5. The predicted molar refractivity (Wildman–Crippen MR) is 125 cm³/mol. The fraction of sp³-hybridized carbons (Fsp3) is 0.385. The average molecular weight is 438 g/mol. The minimum absolute atomic E-state index is 0.242. The zero-order chi connectivity index (χ0) is 23.3. The van der Waals surface area contributed by atoms with E-state index in [1.54, 1.807) is 26.4 Å². The largest absolute Gasteiger partial charge is 0.494 e. The molecule has 0 aliphatic rings. The molecule has 32 heavy (non-hydrogen) atoms. The number of carbonyl (C=O) groups is 1. The molecule has 2 aromatic carbocycles. The lowest BCUT2D eigenvalue weighted by Gasteiger charge is -2.10. The first-order chi connectivity index (χ1) is 15.5. The summed E-state index contributed by atoms with van der Waals surface area (Å²) in [6.07, 6.45) is 5.93. The van der Waals surface area contributed by atoms with Crippen molar-refractivity contribution < 1.29 is 24.1 Å². The fourth-order valence-corrected chi connectivity index (χ4v) is 3.37. The highest BCUT2D eigenvalue weighted by Crippen LogP contribution is 2.31. The number of aliphatic carboxylic acids is 1. The number of methoxy groups -OCH3 is 2. The second-order valence-corrected chi connectivity index (χ2v) is 7.45. The molecule has 1 atom stereocenters. The highest BCUT2D eigenvalue weighted by Gasteiger charge is 2.13. The van der Waals surface area contributed by atoms with Crippen LogP contribution in [-0.2, 0) is 4.79 Å². The van der Waals surface area contributed by atoms with Crippen LogP contribution in [0.1, 0.15) is 50.2 Å². The Labute approximate surface area is 190 Å². The van der Waals surface area contributed by atoms with Gasteiger partial charge in [-0.3, -0.25) is 4.79 Å². The minimum Gasteiger partial charge on any atom is -0.494 e. The van der Waals surface area contributed by atoms with Gasteiger partial charge in [0.2, 0.25) is 0 Å². The smallest absolute Gasteiger partial charge is 0.306 e. The highest BCUT2D eigenvalue weighted by atomic mass is 16.5. The van der Waals surface area contributed by atoms with Crippen LogP contribution >= 0.6 is 0 Å². The van der Waals surface area contributed by atoms with E-state index in [-0.39, 0.29) is 5.92 Å². The van der Waals surface area contributed by atoms with E-state index in [9.17, 15) is 10.1 Å². The third kappa shape index (κ3) is 7.35. The quantitative estimate of drug-likeness (QED) is 0.241. The molecule has 2 aromatic rings. The first-order valence-electron chi connectivity index (χ1n) is 10.8. The minimum atomic E-state index is -0.705. The molecule has 6 heteroatoms. The van der Waals surface area contributed by atoms with E-state index in [0.717, 1.165) is 36.1 Å². The lowest BCUT2D eigenvalue weighted by atomic mass is 9.99. The van der Waals surface area contributed by atoms with Gasteiger partial charge in [-0.15, -0.1) is 0 Å². The Bertz CT molecular complexity index is 944. The Kier molecular flexibility index (Phi) is 10.1. The Morgan fingerprint density at radius 3 is 2.38 bits per heavy atom. The van der Waals surface area contributed by atoms with Crippen LogP contribution in [0, 0.1) is 17.2 Å². The van der Waals surface area contributed by atoms with Gasteiger partial charge in [0.1, 0.15) is 5.75 Å². The molecule has 170 valence electrons. The molecule has 0 bridgehead atoms. The molecule has 0 spiro atoms. The molecule has 0 saturated heterocycles. The van der Waals surface area contributed by atoms with Gasteiger partial charge >= 0.3 is 5.97 Å². The van der Waals surface area contributed by atoms with Gasteiger partial charge in [0, 0.05) is 0 Å². The third-order valence-corrected chi connectivity index (χ3v) is 5.31. The maximum Gasteiger partial charge on any atom is 0.306 e. The molecule has 0 aliphatic heterocycles. The zero-order valence-corrected chi connectivity index (χ0v) is 19.0. The number of hydrogen-bond donors (Lipinski definition) is 1. The Hall–Kier alpha value is -3.46. The monoisotopic (exact) mass is 437 g/mol. The standard InChI is InChI=1S/C26H31NO5/c1-4-20(26(28)29)8-6-5-7-15-32-23-12-9-19(10-13-23)16-22(18-27)21-11-14-24(30-2)25(17-21)31-3/h9-14,16-17,20H,4-8,15H2,1-3H3,(H,28,29)/b22-16+. The van der Waals surface area contributed by atoms with Crippen molar-refractivity contribution in [1.82, 2.24) is 0 Å². The van der Waals surface area contributed by atoms with Crippen molar-refractivity contribution in [2.24, 2.45) is 5.92 Å². The van der Waals surface area contributed by atoms with E-state index in [2.05, 4.69) is 6.07 Å². The van der Waals surface area contributed by atoms with Crippen LogP contribution in [0.3, 0.4) is 0 Å². The Morgan fingerprint density at radius 2 is 1.78 bits per heavy atom. The number of rotatable bonds is 13. The number of ether oxygens (including phenoxy) is 3. The van der Waals surface area contributed by atoms with Gasteiger partial charge in [0.25, 0.3) is 0 Å². The van der Waals surface area contributed by atoms with Crippen LogP contribution in [0.5, 0.6) is 17.2 Å². The van der Waals surface area contributed by atoms with Crippen molar-refractivity contribution in [3.05, 3.63) is 53.6 Å². The number of carboxylic acids is 1. The van der Waals surface area contributed by atoms with Crippen LogP contribution in [0.25, 0.3) is 11.6 Å². The number of unbranched alkanes of at least 4 members (excludes halogenated alkanes) is 2. The number of nitrogens with zero attached hydrogens (tertiary/aromatic N) is 1. The summed E-state index contributed by atoms with van der Waals surface area (Å²) in [4.78, 5) is 11.0. The summed E-state index contributed by atoms with van der Waals surface area (Å²) in [5.74, 6) is 1.01. The van der Waals surface area contributed by atoms with E-state index in [4.69, 9.17) is 19.3 Å². The molecule has 0 fully saturated rings. The van der Waals surface area contributed by atoms with E-state index in [1.165, 1.54) is 0 Å². The van der Waals surface area contributed by atoms with E-state index >= 15 is 0 Å². The van der Waals surface area contributed by atoms with Crippen molar-refractivity contribution in [3.63, 3.8) is 0 Å². The van der Waals surface area contributed by atoms with Gasteiger partial charge in [0.15, 0.2) is 11.5 Å². The lowest BCUT2D eigenvalue weighted by Crippen LogP contribution is -2.12. The average Bonchev–Trinajstić information content (AvgIpc) is 2.82. The topological polar surface area (TPSA) is 88.8 Å². The third-order valence-electron chi connectivity index (χ3n) is 5.31. The molecule has 0 radical (unpaired) electrons. The predicted octanol–water partition coefficient (Wildman–Crippen LogP) is 5.82. The SMILES string of the molecule is CCC(CCCCCOc1ccc(/C=C(\C#N)c2ccc(OC)c(OC)c2)cc1)C(=O)O. The van der Waals surface area contributed by atoms with Gasteiger partial charge in [-0.25, -0.2) is 0 Å². The number of allylic oxidation sites excluding steroid dienone is 1. The molecular weight excluding hydrogens is 406 g/mol. The van der Waals surface area contributed by atoms with E-state index in [0.29, 0.717) is 36.5 Å². The molecule has 0 aromatic heterocycles. The summed E-state index contributed by atoms with van der Waals surface area (Å²) in [5, 5.41) is 18.7. The van der Waals surface area contributed by atoms with Gasteiger partial charge in [0.05, 0.1) is 38.4 Å². The molecule has 0 saturated carbocycles. The number of benzene rings is 2. The molecule has 2 rings (SSSR count). The van der Waals surface area contributed by atoms with Crippen LogP contribution in [0.2, 0.25) is 0 Å². The summed E-state index contributed by atoms with van der Waals surface area (Å²) >= 11 is 0. The Balaban J connectivity index is 1.89. The number of nitriles is 1. The number of carboxylic acid groups (broad SMARTS) is 1. The van der Waals surface area contributed by atoms with Crippen molar-refractivity contribution in [2.45, 2.75) is 39.0 Å². The summed E-state index contributed by atoms with van der Waals surface area (Å²) in [5.41, 5.74) is 2.16. The van der Waals surface area contributed by atoms with Gasteiger partial charge in [-0.1, -0.05) is 31.9 Å². The van der Waals surface area contributed by atoms with Gasteiger partial charge in [-0.05, 0) is 66.8 Å². The van der Waals surface area contributed by atoms with Crippen molar-refractivity contribution in [3.8, 4) is 23.3 Å². The molecule has 6 nitrogen and oxygen atoms in total. The maximum absolute atomic E-state index is 11.0. The molecule has 0 amide bonds. The van der Waals surface area contributed by atoms with Crippen molar-refractivity contribution in [1.29, 1.82) is 5.26 Å². The molecule has 1 N–H and O–H groups in total. The normalized spacial score (nSPS) is 12.0. The molecule has 1 unspecified atom stereocenters. The van der Waals surface area contributed by atoms with Gasteiger partial charge < -0.3 is 19.3 Å². The summed E-state index contributed by atoms with van der Waals surface area (Å²) in [6.45, 7) is 2.50. The molecular formula is C26H31NO5. The first kappa shape index (κ1) is 24.8.